The van der Waals surface area contributed by atoms with Gasteiger partial charge >= 0.3 is 0 Å². The highest BCUT2D eigenvalue weighted by Crippen LogP contribution is 2.32. The van der Waals surface area contributed by atoms with Crippen LogP contribution in [0.1, 0.15) is 0 Å². The number of nitrogens with one attached hydrogen (secondary N) is 2. The molecule has 0 bridgehead atoms. The maximum Gasteiger partial charge on any atom is 0.262 e. The molecular weight excluding hydrogens is 356 g/mol. The molecular formula is C22H18N2O4. The van der Waals surface area contributed by atoms with Crippen molar-refractivity contribution in [1.29, 1.82) is 0 Å². The number of rotatable bonds is 4. The number of hydrogen-bond donors (Lipinski definition) is 2. The van der Waals surface area contributed by atoms with Crippen LogP contribution in [0.2, 0.25) is 0 Å². The van der Waals surface area contributed by atoms with Crippen molar-refractivity contribution in [2.45, 2.75) is 0 Å². The topological polar surface area (TPSA) is 72.6 Å². The van der Waals surface area contributed by atoms with E-state index in [1.165, 1.54) is 5.39 Å². The zero-order valence-electron chi connectivity index (χ0n) is 15.0. The van der Waals surface area contributed by atoms with E-state index in [4.69, 9.17) is 14.2 Å². The van der Waals surface area contributed by atoms with Crippen molar-refractivity contribution in [1.82, 2.24) is 4.98 Å². The molecule has 6 heteroatoms. The zero-order valence-corrected chi connectivity index (χ0v) is 15.0. The summed E-state index contributed by atoms with van der Waals surface area (Å²) in [6.07, 6.45) is 0. The van der Waals surface area contributed by atoms with Crippen LogP contribution in [0.5, 0.6) is 17.2 Å². The Morgan fingerprint density at radius 1 is 0.929 bits per heavy atom. The molecule has 4 aromatic rings. The highest BCUT2D eigenvalue weighted by Gasteiger charge is 2.13. The van der Waals surface area contributed by atoms with Crippen LogP contribution in [0.15, 0.2) is 60.7 Å². The summed E-state index contributed by atoms with van der Waals surface area (Å²) in [6.45, 7) is 0.956. The van der Waals surface area contributed by atoms with E-state index in [0.29, 0.717) is 36.1 Å². The Kier molecular flexibility index (Phi) is 4.01. The van der Waals surface area contributed by atoms with Crippen LogP contribution < -0.4 is 19.5 Å². The van der Waals surface area contributed by atoms with Crippen LogP contribution >= 0.6 is 0 Å². The highest BCUT2D eigenvalue weighted by molar-refractivity contribution is 6.07. The summed E-state index contributed by atoms with van der Waals surface area (Å²) < 4.78 is 16.7. The quantitative estimate of drug-likeness (QED) is 0.564. The summed E-state index contributed by atoms with van der Waals surface area (Å²) in [7, 11) is 0. The summed E-state index contributed by atoms with van der Waals surface area (Å²) in [4.78, 5) is 15.6. The first-order valence-electron chi connectivity index (χ1n) is 9.09. The third-order valence-electron chi connectivity index (χ3n) is 4.67. The number of carbonyl (C=O) groups excluding carboxylic acids is 1. The molecule has 6 nitrogen and oxygen atoms in total. The van der Waals surface area contributed by atoms with Gasteiger partial charge in [-0.1, -0.05) is 18.2 Å². The number of carbonyl (C=O) groups is 1. The van der Waals surface area contributed by atoms with Crippen LogP contribution in [0.25, 0.3) is 21.8 Å². The maximum atomic E-state index is 12.2. The van der Waals surface area contributed by atoms with E-state index in [-0.39, 0.29) is 12.5 Å². The Labute approximate surface area is 161 Å². The van der Waals surface area contributed by atoms with E-state index in [0.717, 1.165) is 16.4 Å². The van der Waals surface area contributed by atoms with E-state index in [1.807, 2.05) is 36.4 Å². The average Bonchev–Trinajstić information content (AvgIpc) is 3.10. The lowest BCUT2D eigenvalue weighted by molar-refractivity contribution is -0.118. The van der Waals surface area contributed by atoms with Gasteiger partial charge < -0.3 is 24.5 Å². The number of anilines is 1. The second-order valence-electron chi connectivity index (χ2n) is 6.57. The van der Waals surface area contributed by atoms with Crippen LogP contribution in [0, 0.1) is 0 Å². The number of amides is 1. The molecule has 0 fully saturated rings. The summed E-state index contributed by atoms with van der Waals surface area (Å²) in [5, 5.41) is 5.11. The van der Waals surface area contributed by atoms with Gasteiger partial charge in [0.2, 0.25) is 0 Å². The fourth-order valence-corrected chi connectivity index (χ4v) is 3.39. The summed E-state index contributed by atoms with van der Waals surface area (Å²) in [5.74, 6) is 1.71. The molecule has 1 amide bonds. The molecule has 0 radical (unpaired) electrons. The number of benzene rings is 3. The fourth-order valence-electron chi connectivity index (χ4n) is 3.39. The normalized spacial score (nSPS) is 12.9. The first kappa shape index (κ1) is 16.5. The monoisotopic (exact) mass is 374 g/mol. The molecule has 1 aliphatic rings. The molecule has 0 spiro atoms. The molecule has 5 rings (SSSR count). The van der Waals surface area contributed by atoms with Gasteiger partial charge in [-0.2, -0.15) is 0 Å². The number of hydrogen-bond acceptors (Lipinski definition) is 4. The van der Waals surface area contributed by atoms with Crippen molar-refractivity contribution < 1.29 is 19.0 Å². The minimum absolute atomic E-state index is 0.0832. The Morgan fingerprint density at radius 3 is 2.68 bits per heavy atom. The third-order valence-corrected chi connectivity index (χ3v) is 4.67. The molecule has 28 heavy (non-hydrogen) atoms. The first-order valence-corrected chi connectivity index (χ1v) is 9.09. The van der Waals surface area contributed by atoms with Gasteiger partial charge in [0, 0.05) is 34.1 Å². The molecule has 0 atom stereocenters. The average molecular weight is 374 g/mol. The van der Waals surface area contributed by atoms with Crippen molar-refractivity contribution in [2.24, 2.45) is 0 Å². The summed E-state index contributed by atoms with van der Waals surface area (Å²) in [6, 6.07) is 19.2. The Hall–Kier alpha value is -3.67. The van der Waals surface area contributed by atoms with E-state index in [2.05, 4.69) is 16.4 Å². The van der Waals surface area contributed by atoms with Crippen LogP contribution in [0.4, 0.5) is 5.69 Å². The lowest BCUT2D eigenvalue weighted by Crippen LogP contribution is -2.20. The van der Waals surface area contributed by atoms with Gasteiger partial charge in [-0.05, 0) is 30.3 Å². The molecule has 140 valence electrons. The van der Waals surface area contributed by atoms with Crippen molar-refractivity contribution in [3.05, 3.63) is 60.7 Å². The zero-order chi connectivity index (χ0) is 18.9. The third kappa shape index (κ3) is 3.09. The van der Waals surface area contributed by atoms with Gasteiger partial charge in [0.1, 0.15) is 19.0 Å². The number of aromatic nitrogens is 1. The fraction of sp³-hybridized carbons (Fsp3) is 0.136. The second-order valence-corrected chi connectivity index (χ2v) is 6.57. The van der Waals surface area contributed by atoms with Crippen molar-refractivity contribution in [2.75, 3.05) is 25.1 Å². The summed E-state index contributed by atoms with van der Waals surface area (Å²) >= 11 is 0. The minimum atomic E-state index is -0.242. The highest BCUT2D eigenvalue weighted by atomic mass is 16.6. The SMILES string of the molecule is O=C(COc1ccc2c(c1)[nH]c1ccccc12)Nc1ccc2c(c1)OCCO2. The molecule has 1 aliphatic heterocycles. The first-order chi connectivity index (χ1) is 13.8. The van der Waals surface area contributed by atoms with Crippen LogP contribution in [0.3, 0.4) is 0 Å². The van der Waals surface area contributed by atoms with Gasteiger partial charge in [0.25, 0.3) is 5.91 Å². The predicted octanol–water partition coefficient (Wildman–Crippen LogP) is 4.11. The van der Waals surface area contributed by atoms with E-state index in [1.54, 1.807) is 18.2 Å². The molecule has 3 aromatic carbocycles. The molecule has 2 heterocycles. The number of ether oxygens (including phenoxy) is 3. The van der Waals surface area contributed by atoms with Gasteiger partial charge in [-0.25, -0.2) is 0 Å². The Morgan fingerprint density at radius 2 is 1.75 bits per heavy atom. The van der Waals surface area contributed by atoms with Crippen LogP contribution in [-0.4, -0.2) is 30.7 Å². The van der Waals surface area contributed by atoms with Gasteiger partial charge in [-0.15, -0.1) is 0 Å². The molecule has 2 N–H and O–H groups in total. The lowest BCUT2D eigenvalue weighted by Gasteiger charge is -2.19. The van der Waals surface area contributed by atoms with Gasteiger partial charge in [0.05, 0.1) is 5.52 Å². The van der Waals surface area contributed by atoms with Gasteiger partial charge in [0.15, 0.2) is 18.1 Å². The number of aromatic amines is 1. The van der Waals surface area contributed by atoms with Crippen molar-refractivity contribution >= 4 is 33.4 Å². The Bertz CT molecular complexity index is 1180. The Balaban J connectivity index is 1.26. The summed E-state index contributed by atoms with van der Waals surface area (Å²) in [5.41, 5.74) is 2.70. The van der Waals surface area contributed by atoms with Gasteiger partial charge in [-0.3, -0.25) is 4.79 Å². The van der Waals surface area contributed by atoms with Crippen molar-refractivity contribution in [3.63, 3.8) is 0 Å². The molecule has 1 aromatic heterocycles. The molecule has 0 aliphatic carbocycles. The number of H-pyrrole nitrogens is 1. The molecule has 0 saturated carbocycles. The second kappa shape index (κ2) is 6.81. The molecule has 0 saturated heterocycles. The van der Waals surface area contributed by atoms with E-state index < -0.39 is 0 Å². The van der Waals surface area contributed by atoms with E-state index in [9.17, 15) is 4.79 Å². The number of fused-ring (bicyclic) bond motifs is 4. The number of para-hydroxylation sites is 1. The standard InChI is InChI=1S/C22H18N2O4/c25-22(23-14-5-8-20-21(11-14)27-10-9-26-20)13-28-15-6-7-17-16-3-1-2-4-18(16)24-19(17)12-15/h1-8,11-12,24H,9-10,13H2,(H,23,25). The minimum Gasteiger partial charge on any atom is -0.486 e. The van der Waals surface area contributed by atoms with E-state index >= 15 is 0 Å². The maximum absolute atomic E-state index is 12.2. The van der Waals surface area contributed by atoms with Crippen molar-refractivity contribution in [3.8, 4) is 17.2 Å². The lowest BCUT2D eigenvalue weighted by atomic mass is 10.1. The largest absolute Gasteiger partial charge is 0.486 e. The predicted molar refractivity (Wildman–Crippen MR) is 107 cm³/mol. The van der Waals surface area contributed by atoms with Crippen LogP contribution in [-0.2, 0) is 4.79 Å². The smallest absolute Gasteiger partial charge is 0.262 e. The molecule has 0 unspecified atom stereocenters.